The molecule has 0 aliphatic carbocycles. The fourth-order valence-electron chi connectivity index (χ4n) is 3.41. The van der Waals surface area contributed by atoms with E-state index in [0.717, 1.165) is 37.5 Å². The molecule has 1 aliphatic rings. The Labute approximate surface area is 195 Å². The molecule has 3 rings (SSSR count). The van der Waals surface area contributed by atoms with Crippen LogP contribution in [0.15, 0.2) is 47.7 Å². The zero-order valence-corrected chi connectivity index (χ0v) is 20.1. The first kappa shape index (κ1) is 24.3. The Bertz CT molecular complexity index is 810. The molecule has 2 aromatic rings. The molecule has 1 aliphatic heterocycles. The molecule has 0 atom stereocenters. The first-order chi connectivity index (χ1) is 14.0. The summed E-state index contributed by atoms with van der Waals surface area (Å²) in [5.74, 6) is 1.02. The fraction of sp³-hybridized carbons (Fsp3) is 0.455. The average molecular weight is 527 g/mol. The van der Waals surface area contributed by atoms with E-state index in [1.165, 1.54) is 6.07 Å². The van der Waals surface area contributed by atoms with Gasteiger partial charge < -0.3 is 20.3 Å². The number of benzene rings is 1. The minimum atomic E-state index is -0.405. The molecule has 0 spiro atoms. The first-order valence-corrected chi connectivity index (χ1v) is 10.1. The Morgan fingerprint density at radius 1 is 1.30 bits per heavy atom. The third kappa shape index (κ3) is 7.09. The van der Waals surface area contributed by atoms with Gasteiger partial charge in [0, 0.05) is 45.0 Å². The molecule has 164 valence electrons. The van der Waals surface area contributed by atoms with Crippen molar-refractivity contribution in [2.45, 2.75) is 45.3 Å². The first-order valence-electron chi connectivity index (χ1n) is 10.1. The molecular weight excluding hydrogens is 496 g/mol. The van der Waals surface area contributed by atoms with Crippen molar-refractivity contribution in [1.82, 2.24) is 20.5 Å². The van der Waals surface area contributed by atoms with Crippen LogP contribution < -0.4 is 15.4 Å². The summed E-state index contributed by atoms with van der Waals surface area (Å²) in [5.41, 5.74) is 0.818. The van der Waals surface area contributed by atoms with Gasteiger partial charge in [0.1, 0.15) is 5.75 Å². The van der Waals surface area contributed by atoms with Crippen LogP contribution in [0, 0.1) is 5.82 Å². The predicted octanol–water partition coefficient (Wildman–Crippen LogP) is 4.17. The van der Waals surface area contributed by atoms with E-state index in [4.69, 9.17) is 4.74 Å². The van der Waals surface area contributed by atoms with Crippen molar-refractivity contribution in [1.29, 1.82) is 0 Å². The van der Waals surface area contributed by atoms with Crippen LogP contribution in [0.3, 0.4) is 0 Å². The van der Waals surface area contributed by atoms with Gasteiger partial charge in [0.15, 0.2) is 17.5 Å². The third-order valence-corrected chi connectivity index (χ3v) is 5.14. The van der Waals surface area contributed by atoms with E-state index in [9.17, 15) is 4.39 Å². The maximum Gasteiger partial charge on any atom is 0.191 e. The monoisotopic (exact) mass is 527 g/mol. The number of aromatic nitrogens is 1. The second-order valence-electron chi connectivity index (χ2n) is 7.53. The molecule has 1 aromatic heterocycles. The van der Waals surface area contributed by atoms with Crippen molar-refractivity contribution in [2.24, 2.45) is 4.99 Å². The number of rotatable bonds is 6. The summed E-state index contributed by atoms with van der Waals surface area (Å²) in [6.07, 6.45) is 5.38. The lowest BCUT2D eigenvalue weighted by Gasteiger charge is -2.35. The lowest BCUT2D eigenvalue weighted by molar-refractivity contribution is 0.167. The SMILES string of the molecule is CN=C(NCc1ccc(Oc2cccnc2)c(F)c1)NC1CCN(C(C)C)CC1.I. The number of nitrogens with one attached hydrogen (secondary N) is 2. The van der Waals surface area contributed by atoms with Gasteiger partial charge >= 0.3 is 0 Å². The summed E-state index contributed by atoms with van der Waals surface area (Å²) in [7, 11) is 1.75. The second kappa shape index (κ2) is 12.0. The number of hydrogen-bond donors (Lipinski definition) is 2. The molecule has 1 fully saturated rings. The lowest BCUT2D eigenvalue weighted by Crippen LogP contribution is -2.49. The summed E-state index contributed by atoms with van der Waals surface area (Å²) in [5, 5.41) is 6.75. The Hall–Kier alpha value is -1.94. The summed E-state index contributed by atoms with van der Waals surface area (Å²) in [4.78, 5) is 10.8. The topological polar surface area (TPSA) is 61.8 Å². The number of aliphatic imine (C=N–C) groups is 1. The van der Waals surface area contributed by atoms with Gasteiger partial charge in [0.2, 0.25) is 0 Å². The van der Waals surface area contributed by atoms with E-state index < -0.39 is 5.82 Å². The van der Waals surface area contributed by atoms with Gasteiger partial charge in [0.05, 0.1) is 6.20 Å². The van der Waals surface area contributed by atoms with E-state index in [1.54, 1.807) is 37.6 Å². The number of halogens is 2. The zero-order chi connectivity index (χ0) is 20.6. The minimum absolute atomic E-state index is 0. The number of pyridine rings is 1. The quantitative estimate of drug-likeness (QED) is 0.336. The highest BCUT2D eigenvalue weighted by Crippen LogP contribution is 2.24. The van der Waals surface area contributed by atoms with Gasteiger partial charge in [-0.25, -0.2) is 4.39 Å². The van der Waals surface area contributed by atoms with E-state index >= 15 is 0 Å². The largest absolute Gasteiger partial charge is 0.453 e. The highest BCUT2D eigenvalue weighted by molar-refractivity contribution is 14.0. The predicted molar refractivity (Wildman–Crippen MR) is 129 cm³/mol. The Morgan fingerprint density at radius 3 is 2.67 bits per heavy atom. The van der Waals surface area contributed by atoms with Crippen molar-refractivity contribution in [3.8, 4) is 11.5 Å². The normalized spacial score (nSPS) is 15.6. The van der Waals surface area contributed by atoms with Gasteiger partial charge in [-0.15, -0.1) is 24.0 Å². The number of ether oxygens (including phenoxy) is 1. The van der Waals surface area contributed by atoms with Crippen LogP contribution in [0.1, 0.15) is 32.3 Å². The molecule has 2 heterocycles. The number of guanidine groups is 1. The molecule has 2 N–H and O–H groups in total. The maximum atomic E-state index is 14.4. The third-order valence-electron chi connectivity index (χ3n) is 5.14. The summed E-state index contributed by atoms with van der Waals surface area (Å²) in [6, 6.07) is 9.44. The van der Waals surface area contributed by atoms with E-state index in [1.807, 2.05) is 6.07 Å². The zero-order valence-electron chi connectivity index (χ0n) is 17.8. The van der Waals surface area contributed by atoms with Crippen LogP contribution in [-0.2, 0) is 6.54 Å². The van der Waals surface area contributed by atoms with E-state index in [0.29, 0.717) is 24.4 Å². The van der Waals surface area contributed by atoms with Gasteiger partial charge in [-0.3, -0.25) is 9.98 Å². The average Bonchev–Trinajstić information content (AvgIpc) is 2.74. The van der Waals surface area contributed by atoms with Crippen molar-refractivity contribution in [3.05, 3.63) is 54.1 Å². The molecule has 0 bridgehead atoms. The molecular formula is C22H31FIN5O. The fourth-order valence-corrected chi connectivity index (χ4v) is 3.41. The van der Waals surface area contributed by atoms with E-state index in [-0.39, 0.29) is 29.7 Å². The smallest absolute Gasteiger partial charge is 0.191 e. The second-order valence-corrected chi connectivity index (χ2v) is 7.53. The molecule has 6 nitrogen and oxygen atoms in total. The van der Waals surface area contributed by atoms with Crippen LogP contribution in [0.25, 0.3) is 0 Å². The summed E-state index contributed by atoms with van der Waals surface area (Å²) < 4.78 is 19.9. The van der Waals surface area contributed by atoms with Gasteiger partial charge in [-0.05, 0) is 56.5 Å². The molecule has 0 amide bonds. The van der Waals surface area contributed by atoms with Crippen LogP contribution in [0.5, 0.6) is 11.5 Å². The highest BCUT2D eigenvalue weighted by atomic mass is 127. The van der Waals surface area contributed by atoms with Gasteiger partial charge in [-0.1, -0.05) is 6.07 Å². The van der Waals surface area contributed by atoms with Crippen LogP contribution in [0.2, 0.25) is 0 Å². The number of nitrogens with zero attached hydrogens (tertiary/aromatic N) is 3. The van der Waals surface area contributed by atoms with Crippen LogP contribution in [-0.4, -0.2) is 48.1 Å². The van der Waals surface area contributed by atoms with Crippen molar-refractivity contribution in [2.75, 3.05) is 20.1 Å². The molecule has 1 aromatic carbocycles. The maximum absolute atomic E-state index is 14.4. The van der Waals surface area contributed by atoms with Gasteiger partial charge in [0.25, 0.3) is 0 Å². The summed E-state index contributed by atoms with van der Waals surface area (Å²) >= 11 is 0. The Morgan fingerprint density at radius 2 is 2.07 bits per heavy atom. The molecule has 0 radical (unpaired) electrons. The standard InChI is InChI=1S/C22H30FN5O.HI/c1-16(2)28-11-8-18(9-12-28)27-22(24-3)26-14-17-6-7-21(20(23)13-17)29-19-5-4-10-25-15-19;/h4-7,10,13,15-16,18H,8-9,11-12,14H2,1-3H3,(H2,24,26,27);1H. The number of hydrogen-bond acceptors (Lipinski definition) is 4. The number of piperidine rings is 1. The van der Waals surface area contributed by atoms with Crippen LogP contribution >= 0.6 is 24.0 Å². The van der Waals surface area contributed by atoms with Gasteiger partial charge in [-0.2, -0.15) is 0 Å². The summed E-state index contributed by atoms with van der Waals surface area (Å²) in [6.45, 7) is 7.14. The number of likely N-dealkylation sites (tertiary alicyclic amines) is 1. The van der Waals surface area contributed by atoms with Crippen molar-refractivity contribution in [3.63, 3.8) is 0 Å². The molecule has 0 saturated carbocycles. The van der Waals surface area contributed by atoms with E-state index in [2.05, 4.69) is 39.4 Å². The van der Waals surface area contributed by atoms with Crippen molar-refractivity contribution < 1.29 is 9.13 Å². The Balaban J connectivity index is 0.00000320. The van der Waals surface area contributed by atoms with Crippen molar-refractivity contribution >= 4 is 29.9 Å². The highest BCUT2D eigenvalue weighted by Gasteiger charge is 2.21. The molecule has 8 heteroatoms. The molecule has 0 unspecified atom stereocenters. The minimum Gasteiger partial charge on any atom is -0.453 e. The molecule has 1 saturated heterocycles. The van der Waals surface area contributed by atoms with Crippen LogP contribution in [0.4, 0.5) is 4.39 Å². The lowest BCUT2D eigenvalue weighted by atomic mass is 10.0. The Kier molecular flexibility index (Phi) is 9.77. The molecule has 30 heavy (non-hydrogen) atoms.